The van der Waals surface area contributed by atoms with Crippen molar-refractivity contribution in [2.75, 3.05) is 0 Å². The van der Waals surface area contributed by atoms with E-state index in [1.807, 2.05) is 32.0 Å². The Morgan fingerprint density at radius 1 is 1.11 bits per heavy atom. The Kier molecular flexibility index (Phi) is 6.45. The van der Waals surface area contributed by atoms with E-state index in [0.29, 0.717) is 11.0 Å². The van der Waals surface area contributed by atoms with Crippen LogP contribution in [-0.2, 0) is 4.79 Å². The van der Waals surface area contributed by atoms with Gasteiger partial charge >= 0.3 is 6.01 Å². The lowest BCUT2D eigenvalue weighted by atomic mass is 9.93. The Morgan fingerprint density at radius 2 is 1.74 bits per heavy atom. The topological polar surface area (TPSA) is 64.1 Å². The van der Waals surface area contributed by atoms with Gasteiger partial charge < -0.3 is 10.1 Å². The van der Waals surface area contributed by atoms with E-state index in [-0.39, 0.29) is 18.1 Å². The van der Waals surface area contributed by atoms with Crippen LogP contribution in [0.3, 0.4) is 0 Å². The quantitative estimate of drug-likeness (QED) is 0.781. The SMILES string of the molecule is Cc1cc(C)nc(OC2CCC(NC(=O)/C=C/c3ccc(Cl)cc3)CC2)n1. The van der Waals surface area contributed by atoms with E-state index in [1.165, 1.54) is 0 Å². The first kappa shape index (κ1) is 19.4. The first-order valence-electron chi connectivity index (χ1n) is 9.21. The molecule has 2 aromatic rings. The molecule has 1 amide bonds. The van der Waals surface area contributed by atoms with Gasteiger partial charge in [0, 0.05) is 28.5 Å². The van der Waals surface area contributed by atoms with E-state index in [0.717, 1.165) is 42.6 Å². The molecule has 1 aliphatic carbocycles. The first-order valence-corrected chi connectivity index (χ1v) is 9.59. The Balaban J connectivity index is 1.44. The molecule has 1 aromatic heterocycles. The molecule has 6 heteroatoms. The lowest BCUT2D eigenvalue weighted by molar-refractivity contribution is -0.117. The second-order valence-corrected chi connectivity index (χ2v) is 7.35. The highest BCUT2D eigenvalue weighted by atomic mass is 35.5. The van der Waals surface area contributed by atoms with Crippen LogP contribution in [0.2, 0.25) is 5.02 Å². The molecule has 0 unspecified atom stereocenters. The monoisotopic (exact) mass is 385 g/mol. The third kappa shape index (κ3) is 6.07. The number of halogens is 1. The highest BCUT2D eigenvalue weighted by Crippen LogP contribution is 2.22. The minimum absolute atomic E-state index is 0.0769. The van der Waals surface area contributed by atoms with Gasteiger partial charge in [-0.2, -0.15) is 0 Å². The van der Waals surface area contributed by atoms with E-state index in [1.54, 1.807) is 24.3 Å². The maximum atomic E-state index is 12.1. The molecule has 0 saturated heterocycles. The minimum Gasteiger partial charge on any atom is -0.460 e. The van der Waals surface area contributed by atoms with E-state index in [9.17, 15) is 4.79 Å². The number of carbonyl (C=O) groups excluding carboxylic acids is 1. The van der Waals surface area contributed by atoms with Crippen LogP contribution in [0.25, 0.3) is 6.08 Å². The molecule has 142 valence electrons. The molecule has 1 saturated carbocycles. The van der Waals surface area contributed by atoms with Crippen LogP contribution in [0.4, 0.5) is 0 Å². The van der Waals surface area contributed by atoms with Crippen molar-refractivity contribution in [1.82, 2.24) is 15.3 Å². The number of benzene rings is 1. The summed E-state index contributed by atoms with van der Waals surface area (Å²) in [5.74, 6) is -0.0769. The van der Waals surface area contributed by atoms with Crippen LogP contribution >= 0.6 is 11.6 Å². The van der Waals surface area contributed by atoms with Crippen LogP contribution in [0.5, 0.6) is 6.01 Å². The van der Waals surface area contributed by atoms with Crippen molar-refractivity contribution in [1.29, 1.82) is 0 Å². The lowest BCUT2D eigenvalue weighted by Crippen LogP contribution is -2.39. The molecule has 3 rings (SSSR count). The highest BCUT2D eigenvalue weighted by molar-refractivity contribution is 6.30. The summed E-state index contributed by atoms with van der Waals surface area (Å²) in [7, 11) is 0. The van der Waals surface area contributed by atoms with Gasteiger partial charge in [0.05, 0.1) is 0 Å². The normalized spacial score (nSPS) is 19.8. The number of amides is 1. The summed E-state index contributed by atoms with van der Waals surface area (Å²) < 4.78 is 5.93. The van der Waals surface area contributed by atoms with Crippen molar-refractivity contribution in [2.24, 2.45) is 0 Å². The summed E-state index contributed by atoms with van der Waals surface area (Å²) >= 11 is 5.86. The molecule has 0 aliphatic heterocycles. The molecule has 1 N–H and O–H groups in total. The molecule has 1 aromatic carbocycles. The summed E-state index contributed by atoms with van der Waals surface area (Å²) in [6, 6.07) is 9.92. The Morgan fingerprint density at radius 3 is 2.37 bits per heavy atom. The average molecular weight is 386 g/mol. The Hall–Kier alpha value is -2.40. The maximum absolute atomic E-state index is 12.1. The summed E-state index contributed by atoms with van der Waals surface area (Å²) in [4.78, 5) is 20.8. The molecular formula is C21H24ClN3O2. The summed E-state index contributed by atoms with van der Waals surface area (Å²) in [6.45, 7) is 3.87. The van der Waals surface area contributed by atoms with Crippen molar-refractivity contribution >= 4 is 23.6 Å². The van der Waals surface area contributed by atoms with Gasteiger partial charge in [0.2, 0.25) is 5.91 Å². The number of nitrogens with one attached hydrogen (secondary N) is 1. The van der Waals surface area contributed by atoms with Crippen LogP contribution in [-0.4, -0.2) is 28.0 Å². The number of rotatable bonds is 5. The molecule has 27 heavy (non-hydrogen) atoms. The largest absolute Gasteiger partial charge is 0.460 e. The van der Waals surface area contributed by atoms with Gasteiger partial charge in [0.15, 0.2) is 0 Å². The predicted octanol–water partition coefficient (Wildman–Crippen LogP) is 4.27. The second kappa shape index (κ2) is 9.00. The van der Waals surface area contributed by atoms with Crippen LogP contribution in [0, 0.1) is 13.8 Å². The fraction of sp³-hybridized carbons (Fsp3) is 0.381. The molecule has 1 heterocycles. The average Bonchev–Trinajstić information content (AvgIpc) is 2.62. The lowest BCUT2D eigenvalue weighted by Gasteiger charge is -2.28. The third-order valence-electron chi connectivity index (χ3n) is 4.55. The fourth-order valence-corrected chi connectivity index (χ4v) is 3.34. The molecule has 0 radical (unpaired) electrons. The number of hydrogen-bond donors (Lipinski definition) is 1. The zero-order valence-electron chi connectivity index (χ0n) is 15.6. The van der Waals surface area contributed by atoms with Crippen molar-refractivity contribution in [3.8, 4) is 6.01 Å². The molecule has 0 spiro atoms. The number of hydrogen-bond acceptors (Lipinski definition) is 4. The number of carbonyl (C=O) groups is 1. The fourth-order valence-electron chi connectivity index (χ4n) is 3.22. The Bertz CT molecular complexity index is 792. The van der Waals surface area contributed by atoms with Gasteiger partial charge in [0.1, 0.15) is 6.10 Å². The zero-order chi connectivity index (χ0) is 19.2. The molecular weight excluding hydrogens is 362 g/mol. The van der Waals surface area contributed by atoms with E-state index < -0.39 is 0 Å². The smallest absolute Gasteiger partial charge is 0.317 e. The maximum Gasteiger partial charge on any atom is 0.317 e. The summed E-state index contributed by atoms with van der Waals surface area (Å²) in [6.07, 6.45) is 6.98. The van der Waals surface area contributed by atoms with Gasteiger partial charge in [-0.1, -0.05) is 23.7 Å². The highest BCUT2D eigenvalue weighted by Gasteiger charge is 2.24. The second-order valence-electron chi connectivity index (χ2n) is 6.92. The van der Waals surface area contributed by atoms with Crippen LogP contribution in [0.1, 0.15) is 42.6 Å². The standard InChI is InChI=1S/C21H24ClN3O2/c1-14-13-15(2)24-21(23-14)27-19-10-8-18(9-11-19)25-20(26)12-5-16-3-6-17(22)7-4-16/h3-7,12-13,18-19H,8-11H2,1-2H3,(H,25,26)/b12-5+. The summed E-state index contributed by atoms with van der Waals surface area (Å²) in [5, 5.41) is 3.75. The molecule has 0 atom stereocenters. The van der Waals surface area contributed by atoms with E-state index in [2.05, 4.69) is 15.3 Å². The number of aromatic nitrogens is 2. The minimum atomic E-state index is -0.0769. The van der Waals surface area contributed by atoms with Crippen LogP contribution < -0.4 is 10.1 Å². The molecule has 5 nitrogen and oxygen atoms in total. The third-order valence-corrected chi connectivity index (χ3v) is 4.80. The van der Waals surface area contributed by atoms with Crippen molar-refractivity contribution < 1.29 is 9.53 Å². The molecule has 0 bridgehead atoms. The van der Waals surface area contributed by atoms with Gasteiger partial charge in [0.25, 0.3) is 0 Å². The van der Waals surface area contributed by atoms with E-state index in [4.69, 9.17) is 16.3 Å². The van der Waals surface area contributed by atoms with Crippen molar-refractivity contribution in [3.05, 3.63) is 58.4 Å². The van der Waals surface area contributed by atoms with Crippen molar-refractivity contribution in [2.45, 2.75) is 51.7 Å². The predicted molar refractivity (Wildman–Crippen MR) is 107 cm³/mol. The number of aryl methyl sites for hydroxylation is 2. The van der Waals surface area contributed by atoms with Crippen molar-refractivity contribution in [3.63, 3.8) is 0 Å². The molecule has 1 fully saturated rings. The van der Waals surface area contributed by atoms with Gasteiger partial charge in [-0.15, -0.1) is 0 Å². The Labute approximate surface area is 164 Å². The van der Waals surface area contributed by atoms with Gasteiger partial charge in [-0.3, -0.25) is 4.79 Å². The van der Waals surface area contributed by atoms with E-state index >= 15 is 0 Å². The molecule has 1 aliphatic rings. The van der Waals surface area contributed by atoms with Gasteiger partial charge in [-0.25, -0.2) is 9.97 Å². The summed E-state index contributed by atoms with van der Waals surface area (Å²) in [5.41, 5.74) is 2.76. The van der Waals surface area contributed by atoms with Crippen LogP contribution in [0.15, 0.2) is 36.4 Å². The number of nitrogens with zero attached hydrogens (tertiary/aromatic N) is 2. The first-order chi connectivity index (χ1) is 13.0. The zero-order valence-corrected chi connectivity index (χ0v) is 16.4. The van der Waals surface area contributed by atoms with Gasteiger partial charge in [-0.05, 0) is 69.4 Å². The number of ether oxygens (including phenoxy) is 1.